The van der Waals surface area contributed by atoms with Gasteiger partial charge in [-0.2, -0.15) is 0 Å². The molecule has 20 heavy (non-hydrogen) atoms. The summed E-state index contributed by atoms with van der Waals surface area (Å²) >= 11 is 0. The molecule has 0 aromatic rings. The monoisotopic (exact) mass is 310 g/mol. The Morgan fingerprint density at radius 2 is 1.65 bits per heavy atom. The highest BCUT2D eigenvalue weighted by molar-refractivity contribution is 7.46. The van der Waals surface area contributed by atoms with E-state index in [1.54, 1.807) is 20.8 Å². The van der Waals surface area contributed by atoms with Crippen molar-refractivity contribution in [3.05, 3.63) is 23.8 Å². The highest BCUT2D eigenvalue weighted by Gasteiger charge is 2.14. The van der Waals surface area contributed by atoms with E-state index in [0.29, 0.717) is 5.57 Å². The van der Waals surface area contributed by atoms with Crippen molar-refractivity contribution in [3.8, 4) is 0 Å². The standard InChI is InChI=1S/C8H15O6P.C3H4O2/c1-6(2)7(3)8(9)13-4-5-14-15(10,11)12;1-2-3(4)5/h4-5H2,1-3H3,(H2,10,11,12);2H,1H2,(H,4,5). The first-order valence-corrected chi connectivity index (χ1v) is 6.91. The molecule has 0 amide bonds. The zero-order valence-electron chi connectivity index (χ0n) is 11.5. The van der Waals surface area contributed by atoms with Crippen LogP contribution in [0.5, 0.6) is 0 Å². The van der Waals surface area contributed by atoms with E-state index in [-0.39, 0.29) is 13.2 Å². The summed E-state index contributed by atoms with van der Waals surface area (Å²) in [4.78, 5) is 37.1. The first-order valence-electron chi connectivity index (χ1n) is 5.38. The molecule has 0 atom stereocenters. The van der Waals surface area contributed by atoms with Crippen molar-refractivity contribution in [1.82, 2.24) is 0 Å². The van der Waals surface area contributed by atoms with Gasteiger partial charge in [0.15, 0.2) is 0 Å². The van der Waals surface area contributed by atoms with Crippen LogP contribution in [0.2, 0.25) is 0 Å². The zero-order chi connectivity index (χ0) is 16.3. The number of carbonyl (C=O) groups excluding carboxylic acids is 1. The molecule has 0 saturated carbocycles. The van der Waals surface area contributed by atoms with Gasteiger partial charge in [-0.1, -0.05) is 12.2 Å². The van der Waals surface area contributed by atoms with Crippen molar-refractivity contribution in [3.63, 3.8) is 0 Å². The minimum atomic E-state index is -4.47. The number of carboxylic acids is 1. The molecule has 0 saturated heterocycles. The Kier molecular flexibility index (Phi) is 10.8. The van der Waals surface area contributed by atoms with Gasteiger partial charge < -0.3 is 19.6 Å². The summed E-state index contributed by atoms with van der Waals surface area (Å²) < 4.78 is 19.0. The number of ether oxygens (including phenoxy) is 1. The van der Waals surface area contributed by atoms with Crippen molar-refractivity contribution in [2.75, 3.05) is 13.2 Å². The Morgan fingerprint density at radius 3 is 1.95 bits per heavy atom. The minimum Gasteiger partial charge on any atom is -0.478 e. The quantitative estimate of drug-likeness (QED) is 0.289. The molecule has 9 heteroatoms. The predicted octanol–water partition coefficient (Wildman–Crippen LogP) is 1.25. The topological polar surface area (TPSA) is 130 Å². The molecule has 0 aliphatic carbocycles. The molecule has 0 unspecified atom stereocenters. The molecule has 0 heterocycles. The van der Waals surface area contributed by atoms with Gasteiger partial charge in [-0.05, 0) is 20.8 Å². The van der Waals surface area contributed by atoms with E-state index in [0.717, 1.165) is 11.6 Å². The number of phosphoric acid groups is 1. The third-order valence-electron chi connectivity index (χ3n) is 1.81. The molecule has 0 radical (unpaired) electrons. The molecule has 0 rings (SSSR count). The Bertz CT molecular complexity index is 416. The van der Waals surface area contributed by atoms with Crippen LogP contribution in [0.1, 0.15) is 20.8 Å². The van der Waals surface area contributed by atoms with E-state index in [1.807, 2.05) is 0 Å². The molecule has 0 aliphatic rings. The van der Waals surface area contributed by atoms with Crippen molar-refractivity contribution < 1.29 is 38.3 Å². The largest absolute Gasteiger partial charge is 0.478 e. The van der Waals surface area contributed by atoms with Crippen LogP contribution in [0.25, 0.3) is 0 Å². The molecular formula is C11H19O8P. The van der Waals surface area contributed by atoms with Crippen molar-refractivity contribution >= 4 is 19.8 Å². The number of esters is 1. The minimum absolute atomic E-state index is 0.186. The second kappa shape index (κ2) is 10.3. The van der Waals surface area contributed by atoms with Crippen LogP contribution >= 0.6 is 7.82 Å². The van der Waals surface area contributed by atoms with E-state index < -0.39 is 19.8 Å². The molecule has 116 valence electrons. The maximum absolute atomic E-state index is 11.2. The SMILES string of the molecule is C=CC(=O)O.CC(C)=C(C)C(=O)OCCOP(=O)(O)O. The van der Waals surface area contributed by atoms with E-state index in [9.17, 15) is 14.2 Å². The summed E-state index contributed by atoms with van der Waals surface area (Å²) in [7, 11) is -4.47. The van der Waals surface area contributed by atoms with E-state index in [2.05, 4.69) is 11.1 Å². The lowest BCUT2D eigenvalue weighted by atomic mass is 10.2. The van der Waals surface area contributed by atoms with Gasteiger partial charge in [0.25, 0.3) is 0 Å². The maximum Gasteiger partial charge on any atom is 0.469 e. The lowest BCUT2D eigenvalue weighted by molar-refractivity contribution is -0.140. The molecule has 0 fully saturated rings. The molecule has 3 N–H and O–H groups in total. The molecular weight excluding hydrogens is 291 g/mol. The highest BCUT2D eigenvalue weighted by Crippen LogP contribution is 2.35. The van der Waals surface area contributed by atoms with Gasteiger partial charge in [-0.25, -0.2) is 14.2 Å². The Balaban J connectivity index is 0. The zero-order valence-corrected chi connectivity index (χ0v) is 12.4. The number of carboxylic acid groups (broad SMARTS) is 1. The molecule has 0 aliphatic heterocycles. The van der Waals surface area contributed by atoms with Crippen LogP contribution in [-0.2, 0) is 23.4 Å². The number of carbonyl (C=O) groups is 2. The summed E-state index contributed by atoms with van der Waals surface area (Å²) in [6.07, 6.45) is 0.833. The molecule has 0 aromatic heterocycles. The van der Waals surface area contributed by atoms with Crippen LogP contribution < -0.4 is 0 Å². The fraction of sp³-hybridized carbons (Fsp3) is 0.455. The fourth-order valence-electron chi connectivity index (χ4n) is 0.603. The average molecular weight is 310 g/mol. The lowest BCUT2D eigenvalue weighted by Crippen LogP contribution is -2.11. The number of hydrogen-bond acceptors (Lipinski definition) is 5. The van der Waals surface area contributed by atoms with E-state index in [4.69, 9.17) is 19.6 Å². The van der Waals surface area contributed by atoms with Crippen LogP contribution in [-0.4, -0.2) is 40.0 Å². The second-order valence-electron chi connectivity index (χ2n) is 3.63. The smallest absolute Gasteiger partial charge is 0.469 e. The number of hydrogen-bond donors (Lipinski definition) is 3. The molecule has 0 spiro atoms. The van der Waals surface area contributed by atoms with Crippen molar-refractivity contribution in [1.29, 1.82) is 0 Å². The van der Waals surface area contributed by atoms with E-state index in [1.165, 1.54) is 0 Å². The Hall–Kier alpha value is -1.47. The summed E-state index contributed by atoms with van der Waals surface area (Å²) in [5, 5.41) is 7.60. The Morgan fingerprint density at radius 1 is 1.20 bits per heavy atom. The van der Waals surface area contributed by atoms with Crippen LogP contribution in [0.15, 0.2) is 23.8 Å². The first kappa shape index (κ1) is 20.8. The molecule has 0 aromatic carbocycles. The van der Waals surface area contributed by atoms with Crippen molar-refractivity contribution in [2.24, 2.45) is 0 Å². The number of allylic oxidation sites excluding steroid dienone is 1. The predicted molar refractivity (Wildman–Crippen MR) is 70.8 cm³/mol. The molecule has 0 bridgehead atoms. The first-order chi connectivity index (χ1) is 9.01. The van der Waals surface area contributed by atoms with Crippen LogP contribution in [0, 0.1) is 0 Å². The maximum atomic E-state index is 11.2. The highest BCUT2D eigenvalue weighted by atomic mass is 31.2. The van der Waals surface area contributed by atoms with Crippen molar-refractivity contribution in [2.45, 2.75) is 20.8 Å². The fourth-order valence-corrected chi connectivity index (χ4v) is 0.915. The number of aliphatic carboxylic acids is 1. The lowest BCUT2D eigenvalue weighted by Gasteiger charge is -2.07. The summed E-state index contributed by atoms with van der Waals surface area (Å²) in [6, 6.07) is 0. The third kappa shape index (κ3) is 14.6. The third-order valence-corrected chi connectivity index (χ3v) is 2.33. The summed E-state index contributed by atoms with van der Waals surface area (Å²) in [5.41, 5.74) is 1.31. The average Bonchev–Trinajstić information content (AvgIpc) is 2.32. The van der Waals surface area contributed by atoms with Gasteiger partial charge in [-0.15, -0.1) is 0 Å². The summed E-state index contributed by atoms with van der Waals surface area (Å²) in [5.74, 6) is -1.49. The normalized spacial score (nSPS) is 9.85. The van der Waals surface area contributed by atoms with Gasteiger partial charge in [0, 0.05) is 11.6 Å². The van der Waals surface area contributed by atoms with Gasteiger partial charge in [0.05, 0.1) is 6.61 Å². The van der Waals surface area contributed by atoms with Gasteiger partial charge in [0.1, 0.15) is 6.61 Å². The van der Waals surface area contributed by atoms with Gasteiger partial charge in [0.2, 0.25) is 0 Å². The van der Waals surface area contributed by atoms with Gasteiger partial charge >= 0.3 is 19.8 Å². The number of rotatable bonds is 6. The van der Waals surface area contributed by atoms with Crippen LogP contribution in [0.4, 0.5) is 0 Å². The summed E-state index contributed by atoms with van der Waals surface area (Å²) in [6.45, 7) is 7.59. The van der Waals surface area contributed by atoms with E-state index >= 15 is 0 Å². The Labute approximate surface area is 116 Å². The second-order valence-corrected chi connectivity index (χ2v) is 4.87. The van der Waals surface area contributed by atoms with Gasteiger partial charge in [-0.3, -0.25) is 4.52 Å². The van der Waals surface area contributed by atoms with Crippen LogP contribution in [0.3, 0.4) is 0 Å². The number of phosphoric ester groups is 1. The molecule has 8 nitrogen and oxygen atoms in total.